The molecule has 0 saturated heterocycles. The molecule has 0 unspecified atom stereocenters. The van der Waals surface area contributed by atoms with Gasteiger partial charge in [0.05, 0.1) is 21.8 Å². The van der Waals surface area contributed by atoms with E-state index in [-0.39, 0.29) is 0 Å². The summed E-state index contributed by atoms with van der Waals surface area (Å²) in [6.45, 7) is 0. The fourth-order valence-corrected chi connectivity index (χ4v) is 10.1. The van der Waals surface area contributed by atoms with Crippen LogP contribution in [0.5, 0.6) is 0 Å². The maximum atomic E-state index is 6.58. The molecule has 0 fully saturated rings. The molecule has 9 aromatic carbocycles. The predicted octanol–water partition coefficient (Wildman–Crippen LogP) is 15.9. The van der Waals surface area contributed by atoms with Gasteiger partial charge in [0.1, 0.15) is 55.8 Å². The van der Waals surface area contributed by atoms with Crippen LogP contribution in [0.2, 0.25) is 0 Å². The average molecular weight is 770 g/mol. The molecule has 0 aliphatic heterocycles. The van der Waals surface area contributed by atoms with Crippen molar-refractivity contribution >= 4 is 131 Å². The quantitative estimate of drug-likeness (QED) is 0.175. The van der Waals surface area contributed by atoms with Crippen LogP contribution in [0, 0.1) is 0 Å². The van der Waals surface area contributed by atoms with Crippen LogP contribution in [0.4, 0.5) is 0 Å². The summed E-state index contributed by atoms with van der Waals surface area (Å²) < 4.78 is 34.8. The van der Waals surface area contributed by atoms with Crippen LogP contribution in [0.3, 0.4) is 0 Å². The minimum absolute atomic E-state index is 0.811. The molecule has 0 atom stereocenters. The number of nitrogens with zero attached hydrogens (tertiary/aromatic N) is 1. The van der Waals surface area contributed by atoms with E-state index in [1.54, 1.807) is 0 Å². The molecule has 278 valence electrons. The molecule has 6 heteroatoms. The predicted molar refractivity (Wildman–Crippen MR) is 243 cm³/mol. The van der Waals surface area contributed by atoms with E-state index < -0.39 is 0 Å². The number of fused-ring (bicyclic) bond motifs is 20. The number of hydrogen-bond acceptors (Lipinski definition) is 5. The van der Waals surface area contributed by atoms with Crippen molar-refractivity contribution in [3.8, 4) is 16.8 Å². The van der Waals surface area contributed by atoms with Gasteiger partial charge >= 0.3 is 0 Å². The van der Waals surface area contributed by atoms with E-state index >= 15 is 0 Å². The summed E-state index contributed by atoms with van der Waals surface area (Å²) in [5, 5.41) is 12.8. The summed E-state index contributed by atoms with van der Waals surface area (Å²) in [5.74, 6) is 0. The molecule has 0 spiro atoms. The Balaban J connectivity index is 0.885. The van der Waals surface area contributed by atoms with Gasteiger partial charge in [0, 0.05) is 59.5 Å². The van der Waals surface area contributed by atoms with Gasteiger partial charge in [-0.05, 0) is 108 Å². The highest BCUT2D eigenvalue weighted by molar-refractivity contribution is 6.25. The lowest BCUT2D eigenvalue weighted by atomic mass is 10.00. The van der Waals surface area contributed by atoms with Gasteiger partial charge in [-0.2, -0.15) is 0 Å². The lowest BCUT2D eigenvalue weighted by molar-refractivity contribution is 0.662. The molecule has 0 aliphatic carbocycles. The maximum Gasteiger partial charge on any atom is 0.147 e. The van der Waals surface area contributed by atoms with Crippen molar-refractivity contribution in [1.29, 1.82) is 0 Å². The van der Waals surface area contributed by atoms with Crippen molar-refractivity contribution in [2.75, 3.05) is 0 Å². The van der Waals surface area contributed by atoms with Crippen molar-refractivity contribution in [1.82, 2.24) is 4.57 Å². The third-order valence-electron chi connectivity index (χ3n) is 12.8. The van der Waals surface area contributed by atoms with Gasteiger partial charge in [0.2, 0.25) is 0 Å². The molecule has 0 bridgehead atoms. The van der Waals surface area contributed by atoms with Gasteiger partial charge < -0.3 is 26.7 Å². The number of aromatic nitrogens is 1. The Morgan fingerprint density at radius 2 is 0.767 bits per heavy atom. The second-order valence-electron chi connectivity index (χ2n) is 16.0. The zero-order valence-corrected chi connectivity index (χ0v) is 31.6. The number of hydrogen-bond donors (Lipinski definition) is 0. The molecule has 0 radical (unpaired) electrons. The zero-order chi connectivity index (χ0) is 38.8. The second kappa shape index (κ2) is 10.8. The molecule has 0 aliphatic rings. The third kappa shape index (κ3) is 3.92. The topological polar surface area (TPSA) is 70.6 Å². The van der Waals surface area contributed by atoms with Gasteiger partial charge in [-0.15, -0.1) is 0 Å². The minimum atomic E-state index is 0.811. The SMILES string of the molecule is c1ccc2c(c1)oc1c2ccc2oc3ccc(-c4ccc5oc6cc7c(cc6c5c4)oc4ccc(-n5c6ccccc6c6c8oc9ccccc9c8ccc65)cc47)cc3c21. The lowest BCUT2D eigenvalue weighted by Crippen LogP contribution is -1.93. The van der Waals surface area contributed by atoms with Crippen molar-refractivity contribution in [3.63, 3.8) is 0 Å². The summed E-state index contributed by atoms with van der Waals surface area (Å²) >= 11 is 0. The molecule has 15 aromatic rings. The highest BCUT2D eigenvalue weighted by Crippen LogP contribution is 2.44. The van der Waals surface area contributed by atoms with Crippen LogP contribution >= 0.6 is 0 Å². The normalized spacial score (nSPS) is 12.7. The number of para-hydroxylation sites is 3. The molecule has 6 heterocycles. The molecular formula is C54H27NO5. The van der Waals surface area contributed by atoms with Crippen LogP contribution in [0.1, 0.15) is 0 Å². The summed E-state index contributed by atoms with van der Waals surface area (Å²) in [5.41, 5.74) is 13.9. The third-order valence-corrected chi connectivity index (χ3v) is 12.8. The van der Waals surface area contributed by atoms with Crippen molar-refractivity contribution in [2.45, 2.75) is 0 Å². The summed E-state index contributed by atoms with van der Waals surface area (Å²) in [7, 11) is 0. The second-order valence-corrected chi connectivity index (χ2v) is 16.0. The molecule has 0 saturated carbocycles. The van der Waals surface area contributed by atoms with E-state index in [4.69, 9.17) is 22.1 Å². The van der Waals surface area contributed by atoms with Gasteiger partial charge in [0.15, 0.2) is 0 Å². The molecule has 0 amide bonds. The van der Waals surface area contributed by atoms with Gasteiger partial charge in [-0.25, -0.2) is 0 Å². The number of furan rings is 5. The molecular weight excluding hydrogens is 743 g/mol. The average Bonchev–Trinajstić information content (AvgIpc) is 4.14. The van der Waals surface area contributed by atoms with Crippen molar-refractivity contribution in [2.24, 2.45) is 0 Å². The Kier molecular flexibility index (Phi) is 5.57. The smallest absolute Gasteiger partial charge is 0.147 e. The first kappa shape index (κ1) is 30.9. The zero-order valence-electron chi connectivity index (χ0n) is 31.6. The van der Waals surface area contributed by atoms with Gasteiger partial charge in [-0.3, -0.25) is 0 Å². The largest absolute Gasteiger partial charge is 0.456 e. The van der Waals surface area contributed by atoms with Crippen LogP contribution < -0.4 is 0 Å². The molecule has 0 N–H and O–H groups in total. The number of rotatable bonds is 2. The molecule has 60 heavy (non-hydrogen) atoms. The molecule has 15 rings (SSSR count). The fourth-order valence-electron chi connectivity index (χ4n) is 10.1. The van der Waals surface area contributed by atoms with Crippen molar-refractivity contribution in [3.05, 3.63) is 164 Å². The van der Waals surface area contributed by atoms with Gasteiger partial charge in [0.25, 0.3) is 0 Å². The van der Waals surface area contributed by atoms with E-state index in [0.717, 1.165) is 148 Å². The highest BCUT2D eigenvalue weighted by Gasteiger charge is 2.21. The molecule has 6 aromatic heterocycles. The Morgan fingerprint density at radius 3 is 1.48 bits per heavy atom. The van der Waals surface area contributed by atoms with E-state index in [2.05, 4.69) is 132 Å². The monoisotopic (exact) mass is 769 g/mol. The first-order chi connectivity index (χ1) is 29.7. The summed E-state index contributed by atoms with van der Waals surface area (Å²) in [6.07, 6.45) is 0. The van der Waals surface area contributed by atoms with Gasteiger partial charge in [-0.1, -0.05) is 66.7 Å². The first-order valence-electron chi connectivity index (χ1n) is 20.1. The fraction of sp³-hybridized carbons (Fsp3) is 0. The Labute approximate surface area is 337 Å². The maximum absolute atomic E-state index is 6.58. The van der Waals surface area contributed by atoms with E-state index in [9.17, 15) is 0 Å². The Hall–Kier alpha value is -8.22. The lowest BCUT2D eigenvalue weighted by Gasteiger charge is -2.08. The molecule has 6 nitrogen and oxygen atoms in total. The van der Waals surface area contributed by atoms with E-state index in [0.29, 0.717) is 0 Å². The number of benzene rings is 9. The van der Waals surface area contributed by atoms with E-state index in [1.165, 1.54) is 0 Å². The van der Waals surface area contributed by atoms with Crippen molar-refractivity contribution < 1.29 is 22.1 Å². The van der Waals surface area contributed by atoms with Crippen LogP contribution in [-0.2, 0) is 0 Å². The Morgan fingerprint density at radius 1 is 0.267 bits per heavy atom. The van der Waals surface area contributed by atoms with Crippen LogP contribution in [-0.4, -0.2) is 4.57 Å². The first-order valence-corrected chi connectivity index (χ1v) is 20.1. The van der Waals surface area contributed by atoms with E-state index in [1.807, 2.05) is 36.4 Å². The van der Waals surface area contributed by atoms with Crippen LogP contribution in [0.25, 0.3) is 148 Å². The minimum Gasteiger partial charge on any atom is -0.456 e. The highest BCUT2D eigenvalue weighted by atomic mass is 16.4. The Bertz CT molecular complexity index is 4370. The summed E-state index contributed by atoms with van der Waals surface area (Å²) in [6, 6.07) is 57.1. The van der Waals surface area contributed by atoms with Crippen LogP contribution in [0.15, 0.2) is 186 Å². The standard InChI is InChI=1S/C54H27NO5/c1-4-10-41-35(9-1)51-42(18-16-33-31-7-2-5-11-43(31)59-53(33)51)55(41)30-15-21-46-37(25-30)39-27-49-38(26-50(39)58-46)36-23-28(13-19-45(36)57-49)29-14-20-47-40(24-29)52-48(56-47)22-17-34-32-8-3-6-12-44(32)60-54(34)52/h1-27H. The summed E-state index contributed by atoms with van der Waals surface area (Å²) in [4.78, 5) is 0.